The van der Waals surface area contributed by atoms with E-state index in [4.69, 9.17) is 4.98 Å². The number of carbonyl (C=O) groups excluding carboxylic acids is 2. The molecule has 0 aliphatic carbocycles. The molecule has 2 aromatic heterocycles. The van der Waals surface area contributed by atoms with Crippen molar-refractivity contribution in [2.24, 2.45) is 10.2 Å². The van der Waals surface area contributed by atoms with E-state index in [9.17, 15) is 9.59 Å². The zero-order valence-electron chi connectivity index (χ0n) is 29.4. The van der Waals surface area contributed by atoms with Crippen molar-refractivity contribution >= 4 is 46.2 Å². The lowest BCUT2D eigenvalue weighted by Gasteiger charge is -2.32. The third-order valence-electron chi connectivity index (χ3n) is 9.15. The Bertz CT molecular complexity index is 2170. The van der Waals surface area contributed by atoms with Crippen molar-refractivity contribution in [3.63, 3.8) is 0 Å². The molecule has 12 nitrogen and oxygen atoms in total. The summed E-state index contributed by atoms with van der Waals surface area (Å²) in [5.41, 5.74) is 9.07. The van der Waals surface area contributed by atoms with Crippen LogP contribution in [0.5, 0.6) is 0 Å². The SMILES string of the molecule is Cc1cccc(NC(=O)C2=NN=C(c3cncc(-c4ccnc(Nc5cc(NC(=O)c6ccc(CN7CCN(C)CC7)cc6)ccc5C)n4)c3)C2)c1. The zero-order chi connectivity index (χ0) is 36.0. The van der Waals surface area contributed by atoms with Gasteiger partial charge in [-0.3, -0.25) is 19.5 Å². The number of carbonyl (C=O) groups is 2. The first-order chi connectivity index (χ1) is 25.3. The van der Waals surface area contributed by atoms with Crippen LogP contribution in [0.1, 0.15) is 39.0 Å². The van der Waals surface area contributed by atoms with Crippen molar-refractivity contribution in [2.45, 2.75) is 26.8 Å². The summed E-state index contributed by atoms with van der Waals surface area (Å²) in [7, 11) is 2.15. The fourth-order valence-corrected chi connectivity index (χ4v) is 6.06. The van der Waals surface area contributed by atoms with Crippen molar-refractivity contribution < 1.29 is 9.59 Å². The second-order valence-electron chi connectivity index (χ2n) is 13.2. The zero-order valence-corrected chi connectivity index (χ0v) is 29.4. The van der Waals surface area contributed by atoms with Crippen LogP contribution in [0.3, 0.4) is 0 Å². The second-order valence-corrected chi connectivity index (χ2v) is 13.2. The summed E-state index contributed by atoms with van der Waals surface area (Å²) in [6.45, 7) is 9.07. The molecule has 3 aromatic carbocycles. The topological polar surface area (TPSA) is 140 Å². The molecule has 1 fully saturated rings. The minimum atomic E-state index is -0.287. The Morgan fingerprint density at radius 1 is 0.788 bits per heavy atom. The van der Waals surface area contributed by atoms with E-state index >= 15 is 0 Å². The van der Waals surface area contributed by atoms with E-state index in [1.807, 2.05) is 86.6 Å². The lowest BCUT2D eigenvalue weighted by molar-refractivity contribution is -0.110. The summed E-state index contributed by atoms with van der Waals surface area (Å²) in [4.78, 5) is 44.4. The van der Waals surface area contributed by atoms with Crippen molar-refractivity contribution in [1.82, 2.24) is 24.8 Å². The number of hydrogen-bond acceptors (Lipinski definition) is 10. The molecule has 12 heteroatoms. The summed E-state index contributed by atoms with van der Waals surface area (Å²) in [5, 5.41) is 17.7. The Hall–Kier alpha value is -6.11. The molecule has 0 radical (unpaired) electrons. The van der Waals surface area contributed by atoms with E-state index in [2.05, 4.69) is 53.0 Å². The lowest BCUT2D eigenvalue weighted by Crippen LogP contribution is -2.43. The molecule has 0 atom stereocenters. The molecule has 52 heavy (non-hydrogen) atoms. The van der Waals surface area contributed by atoms with Gasteiger partial charge in [0.1, 0.15) is 5.71 Å². The van der Waals surface area contributed by atoms with Gasteiger partial charge in [0, 0.05) is 91.5 Å². The Balaban J connectivity index is 0.978. The van der Waals surface area contributed by atoms with Gasteiger partial charge in [-0.1, -0.05) is 30.3 Å². The summed E-state index contributed by atoms with van der Waals surface area (Å²) < 4.78 is 0. The summed E-state index contributed by atoms with van der Waals surface area (Å²) in [5.74, 6) is -0.0744. The Labute approximate surface area is 302 Å². The number of nitrogens with zero attached hydrogens (tertiary/aromatic N) is 7. The molecule has 3 N–H and O–H groups in total. The predicted molar refractivity (Wildman–Crippen MR) is 205 cm³/mol. The van der Waals surface area contributed by atoms with Crippen LogP contribution in [-0.4, -0.2) is 81.2 Å². The highest BCUT2D eigenvalue weighted by Crippen LogP contribution is 2.26. The summed E-state index contributed by atoms with van der Waals surface area (Å²) in [6.07, 6.45) is 5.38. The highest BCUT2D eigenvalue weighted by Gasteiger charge is 2.22. The van der Waals surface area contributed by atoms with Crippen LogP contribution >= 0.6 is 0 Å². The van der Waals surface area contributed by atoms with Gasteiger partial charge in [-0.2, -0.15) is 5.10 Å². The molecule has 1 saturated heterocycles. The van der Waals surface area contributed by atoms with Crippen LogP contribution in [0.4, 0.5) is 23.0 Å². The quantitative estimate of drug-likeness (QED) is 0.160. The Morgan fingerprint density at radius 3 is 2.37 bits per heavy atom. The molecule has 0 saturated carbocycles. The van der Waals surface area contributed by atoms with Crippen LogP contribution in [0.15, 0.2) is 108 Å². The van der Waals surface area contributed by atoms with E-state index in [0.29, 0.717) is 40.0 Å². The van der Waals surface area contributed by atoms with Crippen LogP contribution < -0.4 is 16.0 Å². The first-order valence-corrected chi connectivity index (χ1v) is 17.2. The van der Waals surface area contributed by atoms with Gasteiger partial charge in [0.15, 0.2) is 0 Å². The van der Waals surface area contributed by atoms with Crippen LogP contribution in [0, 0.1) is 13.8 Å². The lowest BCUT2D eigenvalue weighted by atomic mass is 10.0. The molecule has 2 aliphatic heterocycles. The number of benzene rings is 3. The van der Waals surface area contributed by atoms with Gasteiger partial charge in [0.25, 0.3) is 11.8 Å². The number of aryl methyl sites for hydroxylation is 2. The maximum absolute atomic E-state index is 13.2. The number of aromatic nitrogens is 3. The molecule has 0 spiro atoms. The minimum absolute atomic E-state index is 0.178. The standard InChI is InChI=1S/C40H40N10O2/c1-26-5-4-6-32(19-26)44-39(52)37-22-36(47-48-37)31-20-30(23-41-24-31)34-13-14-42-40(45-34)46-35-21-33(12-7-27(35)2)43-38(51)29-10-8-28(9-11-29)25-50-17-15-49(3)16-18-50/h4-14,19-21,23-24H,15-18,22,25H2,1-3H3,(H,43,51)(H,44,52)(H,42,45,46). The maximum Gasteiger partial charge on any atom is 0.272 e. The third-order valence-corrected chi connectivity index (χ3v) is 9.15. The van der Waals surface area contributed by atoms with Gasteiger partial charge < -0.3 is 20.9 Å². The number of rotatable bonds is 10. The van der Waals surface area contributed by atoms with Gasteiger partial charge in [0.2, 0.25) is 5.95 Å². The molecular formula is C40H40N10O2. The fourth-order valence-electron chi connectivity index (χ4n) is 6.06. The summed E-state index contributed by atoms with van der Waals surface area (Å²) >= 11 is 0. The number of amides is 2. The van der Waals surface area contributed by atoms with Crippen LogP contribution in [0.25, 0.3) is 11.3 Å². The van der Waals surface area contributed by atoms with Gasteiger partial charge in [0.05, 0.1) is 11.4 Å². The largest absolute Gasteiger partial charge is 0.324 e. The second kappa shape index (κ2) is 15.4. The molecule has 0 bridgehead atoms. The van der Waals surface area contributed by atoms with Crippen LogP contribution in [-0.2, 0) is 11.3 Å². The van der Waals surface area contributed by atoms with Gasteiger partial charge >= 0.3 is 0 Å². The van der Waals surface area contributed by atoms with Gasteiger partial charge in [-0.25, -0.2) is 9.97 Å². The minimum Gasteiger partial charge on any atom is -0.324 e. The smallest absolute Gasteiger partial charge is 0.272 e. The van der Waals surface area contributed by atoms with E-state index in [0.717, 1.165) is 60.7 Å². The molecule has 5 aromatic rings. The van der Waals surface area contributed by atoms with Crippen molar-refractivity contribution in [3.8, 4) is 11.3 Å². The number of likely N-dealkylation sites (N-methyl/N-ethyl adjacent to an activating group) is 1. The summed E-state index contributed by atoms with van der Waals surface area (Å²) in [6, 6.07) is 24.8. The number of anilines is 4. The monoisotopic (exact) mass is 692 g/mol. The number of hydrogen-bond donors (Lipinski definition) is 3. The number of piperazine rings is 1. The van der Waals surface area contributed by atoms with E-state index < -0.39 is 0 Å². The average molecular weight is 693 g/mol. The predicted octanol–water partition coefficient (Wildman–Crippen LogP) is 6.09. The molecule has 262 valence electrons. The number of pyridine rings is 1. The number of nitrogens with one attached hydrogen (secondary N) is 3. The van der Waals surface area contributed by atoms with E-state index in [1.165, 1.54) is 5.56 Å². The Kier molecular flexibility index (Phi) is 10.2. The highest BCUT2D eigenvalue weighted by atomic mass is 16.2. The molecule has 7 rings (SSSR count). The van der Waals surface area contributed by atoms with Crippen molar-refractivity contribution in [1.29, 1.82) is 0 Å². The van der Waals surface area contributed by atoms with Gasteiger partial charge in [-0.05, 0) is 86.1 Å². The first-order valence-electron chi connectivity index (χ1n) is 17.2. The van der Waals surface area contributed by atoms with Gasteiger partial charge in [-0.15, -0.1) is 5.10 Å². The highest BCUT2D eigenvalue weighted by molar-refractivity contribution is 6.47. The average Bonchev–Trinajstić information content (AvgIpc) is 3.66. The maximum atomic E-state index is 13.2. The van der Waals surface area contributed by atoms with Crippen molar-refractivity contribution in [3.05, 3.63) is 125 Å². The first kappa shape index (κ1) is 34.3. The van der Waals surface area contributed by atoms with Crippen molar-refractivity contribution in [2.75, 3.05) is 49.2 Å². The third kappa shape index (κ3) is 8.43. The molecule has 0 unspecified atom stereocenters. The van der Waals surface area contributed by atoms with Crippen LogP contribution in [0.2, 0.25) is 0 Å². The van der Waals surface area contributed by atoms with E-state index in [1.54, 1.807) is 24.7 Å². The molecule has 2 amide bonds. The van der Waals surface area contributed by atoms with E-state index in [-0.39, 0.29) is 18.2 Å². The molecule has 4 heterocycles. The molecule has 2 aliphatic rings. The Morgan fingerprint density at radius 2 is 1.56 bits per heavy atom. The molecular weight excluding hydrogens is 653 g/mol. The normalized spacial score (nSPS) is 14.8. The fraction of sp³-hybridized carbons (Fsp3) is 0.225.